The van der Waals surface area contributed by atoms with Gasteiger partial charge in [0.2, 0.25) is 0 Å². The molecule has 0 aliphatic rings. The zero-order valence-electron chi connectivity index (χ0n) is 11.2. The number of halogens is 1. The van der Waals surface area contributed by atoms with Crippen LogP contribution in [0.5, 0.6) is 5.75 Å². The van der Waals surface area contributed by atoms with Gasteiger partial charge in [0.15, 0.2) is 0 Å². The van der Waals surface area contributed by atoms with E-state index in [1.54, 1.807) is 4.68 Å². The molecule has 0 radical (unpaired) electrons. The minimum Gasteiger partial charge on any atom is -0.494 e. The second-order valence-corrected chi connectivity index (χ2v) is 4.81. The summed E-state index contributed by atoms with van der Waals surface area (Å²) in [5, 5.41) is 4.84. The molecule has 1 aromatic carbocycles. The lowest BCUT2D eigenvalue weighted by Gasteiger charge is -2.07. The van der Waals surface area contributed by atoms with Gasteiger partial charge < -0.3 is 10.5 Å². The van der Waals surface area contributed by atoms with Crippen molar-refractivity contribution in [3.8, 4) is 5.75 Å². The minimum absolute atomic E-state index is 0.505. The number of nitrogens with two attached hydrogens (primary N) is 1. The van der Waals surface area contributed by atoms with Crippen LogP contribution in [0.15, 0.2) is 24.3 Å². The second-order valence-electron chi connectivity index (χ2n) is 4.43. The lowest BCUT2D eigenvalue weighted by Crippen LogP contribution is -2.06. The molecule has 2 aromatic rings. The summed E-state index contributed by atoms with van der Waals surface area (Å²) in [6, 6.07) is 7.93. The Morgan fingerprint density at radius 2 is 2.00 bits per heavy atom. The Balaban J connectivity index is 2.08. The lowest BCUT2D eigenvalue weighted by atomic mass is 10.2. The summed E-state index contributed by atoms with van der Waals surface area (Å²) in [5.74, 6) is 1.39. The standard InChI is InChI=1S/C14H18ClN3O/c1-3-8-19-12-6-4-11(5-7-12)9-18-14(16)13(15)10(2)17-18/h4-7H,3,8-9,16H2,1-2H3. The van der Waals surface area contributed by atoms with Gasteiger partial charge in [-0.1, -0.05) is 30.7 Å². The van der Waals surface area contributed by atoms with Gasteiger partial charge in [-0.2, -0.15) is 5.10 Å². The number of anilines is 1. The van der Waals surface area contributed by atoms with Crippen LogP contribution in [0.3, 0.4) is 0 Å². The molecule has 0 fully saturated rings. The van der Waals surface area contributed by atoms with Gasteiger partial charge in [0.25, 0.3) is 0 Å². The fraction of sp³-hybridized carbons (Fsp3) is 0.357. The summed E-state index contributed by atoms with van der Waals surface area (Å²) in [7, 11) is 0. The topological polar surface area (TPSA) is 53.1 Å². The van der Waals surface area contributed by atoms with Crippen molar-refractivity contribution in [2.75, 3.05) is 12.3 Å². The first kappa shape index (κ1) is 13.7. The van der Waals surface area contributed by atoms with Gasteiger partial charge >= 0.3 is 0 Å². The summed E-state index contributed by atoms with van der Waals surface area (Å²) in [6.45, 7) is 5.27. The molecule has 5 heteroatoms. The first-order chi connectivity index (χ1) is 9.11. The molecule has 0 aliphatic carbocycles. The molecule has 102 valence electrons. The highest BCUT2D eigenvalue weighted by Gasteiger charge is 2.10. The highest BCUT2D eigenvalue weighted by atomic mass is 35.5. The number of hydrogen-bond donors (Lipinski definition) is 1. The zero-order chi connectivity index (χ0) is 13.8. The largest absolute Gasteiger partial charge is 0.494 e. The van der Waals surface area contributed by atoms with E-state index in [0.717, 1.165) is 30.0 Å². The van der Waals surface area contributed by atoms with Crippen LogP contribution >= 0.6 is 11.6 Å². The van der Waals surface area contributed by atoms with Crippen LogP contribution in [0, 0.1) is 6.92 Å². The summed E-state index contributed by atoms with van der Waals surface area (Å²) in [5.41, 5.74) is 7.75. The highest BCUT2D eigenvalue weighted by Crippen LogP contribution is 2.23. The summed E-state index contributed by atoms with van der Waals surface area (Å²) in [6.07, 6.45) is 1.00. The Labute approximate surface area is 118 Å². The van der Waals surface area contributed by atoms with Crippen molar-refractivity contribution in [2.45, 2.75) is 26.8 Å². The first-order valence-corrected chi connectivity index (χ1v) is 6.69. The molecule has 1 heterocycles. The number of nitrogens with zero attached hydrogens (tertiary/aromatic N) is 2. The summed E-state index contributed by atoms with van der Waals surface area (Å²) < 4.78 is 7.25. The molecule has 0 saturated carbocycles. The van der Waals surface area contributed by atoms with E-state index in [9.17, 15) is 0 Å². The van der Waals surface area contributed by atoms with Crippen molar-refractivity contribution < 1.29 is 4.74 Å². The second kappa shape index (κ2) is 5.97. The maximum absolute atomic E-state index is 6.02. The van der Waals surface area contributed by atoms with Gasteiger partial charge in [-0.3, -0.25) is 0 Å². The number of hydrogen-bond acceptors (Lipinski definition) is 3. The fourth-order valence-electron chi connectivity index (χ4n) is 1.78. The predicted octanol–water partition coefficient (Wildman–Crippen LogP) is 3.26. The fourth-order valence-corrected chi connectivity index (χ4v) is 1.92. The van der Waals surface area contributed by atoms with Gasteiger partial charge in [0.1, 0.15) is 16.6 Å². The molecule has 2 N–H and O–H groups in total. The van der Waals surface area contributed by atoms with Gasteiger partial charge in [0.05, 0.1) is 18.8 Å². The Kier molecular flexibility index (Phi) is 4.32. The van der Waals surface area contributed by atoms with Gasteiger partial charge in [0, 0.05) is 0 Å². The highest BCUT2D eigenvalue weighted by molar-refractivity contribution is 6.33. The van der Waals surface area contributed by atoms with Crippen LogP contribution in [0.4, 0.5) is 5.82 Å². The van der Waals surface area contributed by atoms with Crippen LogP contribution in [0.1, 0.15) is 24.6 Å². The van der Waals surface area contributed by atoms with Crippen LogP contribution in [-0.4, -0.2) is 16.4 Å². The van der Waals surface area contributed by atoms with Crippen LogP contribution < -0.4 is 10.5 Å². The van der Waals surface area contributed by atoms with Crippen molar-refractivity contribution in [1.29, 1.82) is 0 Å². The Hall–Kier alpha value is -1.68. The van der Waals surface area contributed by atoms with Crippen LogP contribution in [-0.2, 0) is 6.54 Å². The van der Waals surface area contributed by atoms with Crippen molar-refractivity contribution in [3.63, 3.8) is 0 Å². The molecule has 0 atom stereocenters. The minimum atomic E-state index is 0.505. The van der Waals surface area contributed by atoms with Gasteiger partial charge in [-0.15, -0.1) is 0 Å². The van der Waals surface area contributed by atoms with Crippen molar-refractivity contribution in [1.82, 2.24) is 9.78 Å². The van der Waals surface area contributed by atoms with E-state index in [1.165, 1.54) is 0 Å². The Morgan fingerprint density at radius 3 is 2.53 bits per heavy atom. The van der Waals surface area contributed by atoms with E-state index in [4.69, 9.17) is 22.1 Å². The van der Waals surface area contributed by atoms with E-state index in [-0.39, 0.29) is 0 Å². The SMILES string of the molecule is CCCOc1ccc(Cn2nc(C)c(Cl)c2N)cc1. The van der Waals surface area contributed by atoms with Crippen molar-refractivity contribution in [3.05, 3.63) is 40.5 Å². The Morgan fingerprint density at radius 1 is 1.32 bits per heavy atom. The number of nitrogen functional groups attached to an aromatic ring is 1. The maximum atomic E-state index is 6.02. The molecule has 4 nitrogen and oxygen atoms in total. The molecule has 0 saturated heterocycles. The van der Waals surface area contributed by atoms with E-state index in [1.807, 2.05) is 31.2 Å². The van der Waals surface area contributed by atoms with Crippen LogP contribution in [0.25, 0.3) is 0 Å². The number of rotatable bonds is 5. The average molecular weight is 280 g/mol. The quantitative estimate of drug-likeness (QED) is 0.914. The average Bonchev–Trinajstić information content (AvgIpc) is 2.66. The third kappa shape index (κ3) is 3.20. The molecule has 1 aromatic heterocycles. The van der Waals surface area contributed by atoms with E-state index in [0.29, 0.717) is 17.4 Å². The van der Waals surface area contributed by atoms with E-state index < -0.39 is 0 Å². The Bertz CT molecular complexity index is 549. The molecule has 0 bridgehead atoms. The molecule has 0 unspecified atom stereocenters. The maximum Gasteiger partial charge on any atom is 0.141 e. The number of aromatic nitrogens is 2. The van der Waals surface area contributed by atoms with Crippen molar-refractivity contribution in [2.24, 2.45) is 0 Å². The molecule has 0 aliphatic heterocycles. The first-order valence-electron chi connectivity index (χ1n) is 6.32. The molecule has 0 amide bonds. The molecular formula is C14H18ClN3O. The zero-order valence-corrected chi connectivity index (χ0v) is 11.9. The van der Waals surface area contributed by atoms with E-state index in [2.05, 4.69) is 12.0 Å². The van der Waals surface area contributed by atoms with Crippen LogP contribution in [0.2, 0.25) is 5.02 Å². The van der Waals surface area contributed by atoms with E-state index >= 15 is 0 Å². The number of aryl methyl sites for hydroxylation is 1. The predicted molar refractivity (Wildman–Crippen MR) is 77.7 cm³/mol. The number of ether oxygens (including phenoxy) is 1. The molecule has 2 rings (SSSR count). The molecular weight excluding hydrogens is 262 g/mol. The normalized spacial score (nSPS) is 10.7. The monoisotopic (exact) mass is 279 g/mol. The summed E-state index contributed by atoms with van der Waals surface area (Å²) in [4.78, 5) is 0. The third-order valence-electron chi connectivity index (χ3n) is 2.82. The molecule has 0 spiro atoms. The smallest absolute Gasteiger partial charge is 0.141 e. The molecule has 19 heavy (non-hydrogen) atoms. The van der Waals surface area contributed by atoms with Gasteiger partial charge in [-0.05, 0) is 31.0 Å². The number of benzene rings is 1. The summed E-state index contributed by atoms with van der Waals surface area (Å²) >= 11 is 6.02. The third-order valence-corrected chi connectivity index (χ3v) is 3.29. The lowest BCUT2D eigenvalue weighted by molar-refractivity contribution is 0.317. The van der Waals surface area contributed by atoms with Gasteiger partial charge in [-0.25, -0.2) is 4.68 Å². The van der Waals surface area contributed by atoms with Crippen molar-refractivity contribution >= 4 is 17.4 Å².